The third-order valence-electron chi connectivity index (χ3n) is 1.66. The minimum absolute atomic E-state index is 0.0736. The SMILES string of the molecule is CCS(=O)(=O)Oc1cc(C(C)C)no1. The zero-order valence-corrected chi connectivity index (χ0v) is 9.17. The molecular formula is C8H13NO4S. The molecule has 0 radical (unpaired) electrons. The third kappa shape index (κ3) is 2.73. The molecule has 0 spiro atoms. The second-order valence-corrected chi connectivity index (χ2v) is 5.01. The Labute approximate surface area is 83.2 Å². The maximum absolute atomic E-state index is 11.0. The van der Waals surface area contributed by atoms with Crippen LogP contribution in [0.3, 0.4) is 0 Å². The molecule has 1 heterocycles. The number of hydrogen-bond acceptors (Lipinski definition) is 5. The predicted octanol–water partition coefficient (Wildman–Crippen LogP) is 1.53. The second-order valence-electron chi connectivity index (χ2n) is 3.16. The van der Waals surface area contributed by atoms with Crippen LogP contribution in [0.4, 0.5) is 0 Å². The molecule has 0 amide bonds. The van der Waals surface area contributed by atoms with E-state index in [0.29, 0.717) is 5.69 Å². The van der Waals surface area contributed by atoms with Gasteiger partial charge in [-0.2, -0.15) is 8.42 Å². The van der Waals surface area contributed by atoms with E-state index < -0.39 is 10.1 Å². The molecule has 0 aliphatic rings. The molecule has 0 saturated carbocycles. The summed E-state index contributed by atoms with van der Waals surface area (Å²) in [7, 11) is -3.52. The first-order valence-electron chi connectivity index (χ1n) is 4.33. The Morgan fingerprint density at radius 3 is 2.64 bits per heavy atom. The summed E-state index contributed by atoms with van der Waals surface area (Å²) in [5.41, 5.74) is 0.673. The Balaban J connectivity index is 2.79. The van der Waals surface area contributed by atoms with Gasteiger partial charge in [0.05, 0.1) is 11.4 Å². The van der Waals surface area contributed by atoms with E-state index >= 15 is 0 Å². The summed E-state index contributed by atoms with van der Waals surface area (Å²) in [6.45, 7) is 5.35. The number of aromatic nitrogens is 1. The van der Waals surface area contributed by atoms with Crippen molar-refractivity contribution in [3.8, 4) is 5.95 Å². The molecule has 0 atom stereocenters. The molecule has 0 N–H and O–H groups in total. The van der Waals surface area contributed by atoms with E-state index in [9.17, 15) is 8.42 Å². The van der Waals surface area contributed by atoms with Crippen LogP contribution in [0.1, 0.15) is 32.4 Å². The topological polar surface area (TPSA) is 69.4 Å². The van der Waals surface area contributed by atoms with Gasteiger partial charge in [-0.15, -0.1) is 0 Å². The molecule has 0 aliphatic carbocycles. The largest absolute Gasteiger partial charge is 0.343 e. The lowest BCUT2D eigenvalue weighted by Crippen LogP contribution is -2.10. The van der Waals surface area contributed by atoms with Crippen LogP contribution < -0.4 is 4.18 Å². The minimum atomic E-state index is -3.52. The number of nitrogens with zero attached hydrogens (tertiary/aromatic N) is 1. The van der Waals surface area contributed by atoms with E-state index in [4.69, 9.17) is 4.52 Å². The molecule has 6 heteroatoms. The van der Waals surface area contributed by atoms with Crippen LogP contribution in [0.2, 0.25) is 0 Å². The molecule has 0 bridgehead atoms. The van der Waals surface area contributed by atoms with Crippen LogP contribution >= 0.6 is 0 Å². The van der Waals surface area contributed by atoms with Gasteiger partial charge in [-0.25, -0.2) is 0 Å². The van der Waals surface area contributed by atoms with Crippen molar-refractivity contribution in [2.24, 2.45) is 0 Å². The summed E-state index contributed by atoms with van der Waals surface area (Å²) >= 11 is 0. The van der Waals surface area contributed by atoms with Crippen LogP contribution in [-0.4, -0.2) is 19.3 Å². The Morgan fingerprint density at radius 2 is 2.21 bits per heavy atom. The number of rotatable bonds is 4. The first-order valence-corrected chi connectivity index (χ1v) is 5.91. The van der Waals surface area contributed by atoms with Gasteiger partial charge in [-0.1, -0.05) is 19.0 Å². The van der Waals surface area contributed by atoms with Crippen LogP contribution in [-0.2, 0) is 10.1 Å². The van der Waals surface area contributed by atoms with Gasteiger partial charge in [0.2, 0.25) is 0 Å². The normalized spacial score (nSPS) is 12.0. The highest BCUT2D eigenvalue weighted by Crippen LogP contribution is 2.20. The molecule has 0 aliphatic heterocycles. The van der Waals surface area contributed by atoms with E-state index in [1.165, 1.54) is 13.0 Å². The molecule has 0 aromatic carbocycles. The molecule has 1 aromatic heterocycles. The average molecular weight is 219 g/mol. The summed E-state index contributed by atoms with van der Waals surface area (Å²) in [5, 5.41) is 3.67. The first-order chi connectivity index (χ1) is 6.44. The monoisotopic (exact) mass is 219 g/mol. The summed E-state index contributed by atoms with van der Waals surface area (Å²) in [6.07, 6.45) is 0. The maximum atomic E-state index is 11.0. The van der Waals surface area contributed by atoms with E-state index in [-0.39, 0.29) is 17.6 Å². The lowest BCUT2D eigenvalue weighted by molar-refractivity contribution is 0.315. The molecule has 14 heavy (non-hydrogen) atoms. The van der Waals surface area contributed by atoms with Crippen LogP contribution in [0, 0.1) is 0 Å². The summed E-state index contributed by atoms with van der Waals surface area (Å²) in [5.74, 6) is 0.0148. The summed E-state index contributed by atoms with van der Waals surface area (Å²) in [6, 6.07) is 1.48. The minimum Gasteiger partial charge on any atom is -0.343 e. The molecule has 1 aromatic rings. The van der Waals surface area contributed by atoms with E-state index in [0.717, 1.165) is 0 Å². The van der Waals surface area contributed by atoms with Crippen LogP contribution in [0.5, 0.6) is 5.95 Å². The molecular weight excluding hydrogens is 206 g/mol. The van der Waals surface area contributed by atoms with Gasteiger partial charge < -0.3 is 8.71 Å². The molecule has 0 unspecified atom stereocenters. The van der Waals surface area contributed by atoms with Gasteiger partial charge in [0, 0.05) is 6.07 Å². The van der Waals surface area contributed by atoms with Gasteiger partial charge in [-0.05, 0) is 12.8 Å². The van der Waals surface area contributed by atoms with Gasteiger partial charge in [-0.3, -0.25) is 0 Å². The third-order valence-corrected chi connectivity index (χ3v) is 2.79. The van der Waals surface area contributed by atoms with Crippen molar-refractivity contribution in [1.29, 1.82) is 0 Å². The fourth-order valence-electron chi connectivity index (χ4n) is 0.767. The van der Waals surface area contributed by atoms with E-state index in [1.807, 2.05) is 13.8 Å². The van der Waals surface area contributed by atoms with Crippen molar-refractivity contribution in [2.75, 3.05) is 5.75 Å². The smallest absolute Gasteiger partial charge is 0.327 e. The van der Waals surface area contributed by atoms with E-state index in [1.54, 1.807) is 0 Å². The zero-order chi connectivity index (χ0) is 10.8. The summed E-state index contributed by atoms with van der Waals surface area (Å²) in [4.78, 5) is 0. The molecule has 1 rings (SSSR count). The van der Waals surface area contributed by atoms with Crippen LogP contribution in [0.25, 0.3) is 0 Å². The van der Waals surface area contributed by atoms with Crippen molar-refractivity contribution < 1.29 is 17.1 Å². The van der Waals surface area contributed by atoms with E-state index in [2.05, 4.69) is 9.34 Å². The van der Waals surface area contributed by atoms with Crippen molar-refractivity contribution >= 4 is 10.1 Å². The zero-order valence-electron chi connectivity index (χ0n) is 8.35. The Morgan fingerprint density at radius 1 is 1.57 bits per heavy atom. The Hall–Kier alpha value is -1.04. The molecule has 0 fully saturated rings. The maximum Gasteiger partial charge on any atom is 0.327 e. The quantitative estimate of drug-likeness (QED) is 0.718. The molecule has 0 saturated heterocycles. The predicted molar refractivity (Wildman–Crippen MR) is 50.7 cm³/mol. The Kier molecular flexibility index (Phi) is 3.15. The van der Waals surface area contributed by atoms with Crippen molar-refractivity contribution in [3.63, 3.8) is 0 Å². The van der Waals surface area contributed by atoms with Crippen molar-refractivity contribution in [1.82, 2.24) is 5.16 Å². The fraction of sp³-hybridized carbons (Fsp3) is 0.625. The van der Waals surface area contributed by atoms with Gasteiger partial charge in [0.15, 0.2) is 0 Å². The highest BCUT2D eigenvalue weighted by Gasteiger charge is 2.14. The highest BCUT2D eigenvalue weighted by atomic mass is 32.2. The second kappa shape index (κ2) is 4.00. The number of hydrogen-bond donors (Lipinski definition) is 0. The van der Waals surface area contributed by atoms with Gasteiger partial charge in [0.25, 0.3) is 0 Å². The first kappa shape index (κ1) is 11.0. The standard InChI is InChI=1S/C8H13NO4S/c1-4-14(10,11)13-8-5-7(6(2)3)9-12-8/h5-6H,4H2,1-3H3. The highest BCUT2D eigenvalue weighted by molar-refractivity contribution is 7.87. The lowest BCUT2D eigenvalue weighted by atomic mass is 10.1. The summed E-state index contributed by atoms with van der Waals surface area (Å²) < 4.78 is 31.4. The lowest BCUT2D eigenvalue weighted by Gasteiger charge is -1.98. The molecule has 80 valence electrons. The van der Waals surface area contributed by atoms with Gasteiger partial charge in [0.1, 0.15) is 0 Å². The molecule has 5 nitrogen and oxygen atoms in total. The average Bonchev–Trinajstić information content (AvgIpc) is 2.52. The van der Waals surface area contributed by atoms with Crippen molar-refractivity contribution in [2.45, 2.75) is 26.7 Å². The van der Waals surface area contributed by atoms with Crippen LogP contribution in [0.15, 0.2) is 10.6 Å². The van der Waals surface area contributed by atoms with Gasteiger partial charge >= 0.3 is 16.1 Å². The van der Waals surface area contributed by atoms with Crippen molar-refractivity contribution in [3.05, 3.63) is 11.8 Å². The fourth-order valence-corrected chi connectivity index (χ4v) is 1.21. The Bertz CT molecular complexity index is 393.